The van der Waals surface area contributed by atoms with Crippen molar-refractivity contribution in [2.24, 2.45) is 0 Å². The number of anilines is 1. The molecular formula is C15H16BrNO2. The van der Waals surface area contributed by atoms with Gasteiger partial charge in [-0.05, 0) is 48.9 Å². The molecule has 1 N–H and O–H groups in total. The third-order valence-corrected chi connectivity index (χ3v) is 3.13. The molecule has 0 aliphatic carbocycles. The molecule has 0 bridgehead atoms. The number of nitrogens with one attached hydrogen (secondary N) is 1. The van der Waals surface area contributed by atoms with E-state index in [1.807, 2.05) is 50.2 Å². The van der Waals surface area contributed by atoms with Crippen LogP contribution in [0.2, 0.25) is 0 Å². The smallest absolute Gasteiger partial charge is 0.250 e. The van der Waals surface area contributed by atoms with Crippen LogP contribution >= 0.6 is 15.9 Å². The third kappa shape index (κ3) is 4.04. The molecule has 0 aliphatic heterocycles. The van der Waals surface area contributed by atoms with Crippen molar-refractivity contribution >= 4 is 38.3 Å². The van der Waals surface area contributed by atoms with Gasteiger partial charge in [0.05, 0.1) is 6.10 Å². The lowest BCUT2D eigenvalue weighted by atomic mass is 10.1. The maximum Gasteiger partial charge on any atom is 0.250 e. The van der Waals surface area contributed by atoms with Crippen LogP contribution in [0.3, 0.4) is 0 Å². The molecule has 0 unspecified atom stereocenters. The van der Waals surface area contributed by atoms with Gasteiger partial charge in [0, 0.05) is 10.2 Å². The molecule has 2 aromatic rings. The van der Waals surface area contributed by atoms with Gasteiger partial charge in [-0.2, -0.15) is 0 Å². The number of ether oxygens (including phenoxy) is 1. The topological polar surface area (TPSA) is 38.3 Å². The van der Waals surface area contributed by atoms with E-state index < -0.39 is 0 Å². The maximum absolute atomic E-state index is 11.7. The number of amides is 1. The molecule has 0 fully saturated rings. The minimum absolute atomic E-state index is 0.0553. The minimum Gasteiger partial charge on any atom is -0.369 e. The summed E-state index contributed by atoms with van der Waals surface area (Å²) in [4.78, 5) is 11.7. The van der Waals surface area contributed by atoms with E-state index >= 15 is 0 Å². The fraction of sp³-hybridized carbons (Fsp3) is 0.267. The van der Waals surface area contributed by atoms with Crippen molar-refractivity contribution in [2.45, 2.75) is 20.0 Å². The van der Waals surface area contributed by atoms with Crippen molar-refractivity contribution in [1.29, 1.82) is 0 Å². The number of hydrogen-bond donors (Lipinski definition) is 1. The number of fused-ring (bicyclic) bond motifs is 1. The predicted octanol–water partition coefficient (Wildman–Crippen LogP) is 3.97. The van der Waals surface area contributed by atoms with Gasteiger partial charge >= 0.3 is 0 Å². The zero-order valence-corrected chi connectivity index (χ0v) is 12.5. The van der Waals surface area contributed by atoms with Crippen LogP contribution in [0.15, 0.2) is 40.9 Å². The Kier molecular flexibility index (Phi) is 4.56. The first kappa shape index (κ1) is 14.0. The first-order valence-corrected chi connectivity index (χ1v) is 6.94. The Morgan fingerprint density at radius 3 is 2.63 bits per heavy atom. The van der Waals surface area contributed by atoms with Crippen molar-refractivity contribution in [3.05, 3.63) is 40.9 Å². The van der Waals surface area contributed by atoms with Crippen LogP contribution in [-0.2, 0) is 9.53 Å². The highest BCUT2D eigenvalue weighted by molar-refractivity contribution is 9.10. The zero-order valence-electron chi connectivity index (χ0n) is 10.9. The van der Waals surface area contributed by atoms with E-state index in [1.54, 1.807) is 0 Å². The van der Waals surface area contributed by atoms with E-state index in [1.165, 1.54) is 0 Å². The Morgan fingerprint density at radius 1 is 1.21 bits per heavy atom. The molecule has 0 saturated heterocycles. The van der Waals surface area contributed by atoms with Crippen molar-refractivity contribution < 1.29 is 9.53 Å². The summed E-state index contributed by atoms with van der Waals surface area (Å²) in [5.74, 6) is -0.134. The molecule has 0 heterocycles. The molecule has 2 aromatic carbocycles. The highest BCUT2D eigenvalue weighted by Crippen LogP contribution is 2.22. The average molecular weight is 322 g/mol. The lowest BCUT2D eigenvalue weighted by molar-refractivity contribution is -0.121. The van der Waals surface area contributed by atoms with Crippen LogP contribution in [0, 0.1) is 0 Å². The number of halogens is 1. The second-order valence-electron chi connectivity index (χ2n) is 4.61. The minimum atomic E-state index is -0.134. The molecule has 0 saturated carbocycles. The zero-order chi connectivity index (χ0) is 13.8. The van der Waals surface area contributed by atoms with Gasteiger partial charge in [0.25, 0.3) is 0 Å². The highest BCUT2D eigenvalue weighted by atomic mass is 79.9. The monoisotopic (exact) mass is 321 g/mol. The number of carbonyl (C=O) groups excluding carboxylic acids is 1. The number of rotatable bonds is 4. The largest absolute Gasteiger partial charge is 0.369 e. The molecule has 100 valence electrons. The summed E-state index contributed by atoms with van der Waals surface area (Å²) in [6, 6.07) is 11.9. The predicted molar refractivity (Wildman–Crippen MR) is 81.4 cm³/mol. The Bertz CT molecular complexity index is 596. The summed E-state index contributed by atoms with van der Waals surface area (Å²) in [5.41, 5.74) is 0.784. The standard InChI is InChI=1S/C15H16BrNO2/c1-10(2)19-9-15(18)17-14-6-4-11-7-13(16)5-3-12(11)8-14/h3-8,10H,9H2,1-2H3,(H,17,18). The van der Waals surface area contributed by atoms with E-state index in [2.05, 4.69) is 21.2 Å². The van der Waals surface area contributed by atoms with Crippen LogP contribution in [-0.4, -0.2) is 18.6 Å². The highest BCUT2D eigenvalue weighted by Gasteiger charge is 2.04. The van der Waals surface area contributed by atoms with Crippen molar-refractivity contribution in [2.75, 3.05) is 11.9 Å². The molecule has 0 spiro atoms. The summed E-state index contributed by atoms with van der Waals surface area (Å²) in [7, 11) is 0. The number of carbonyl (C=O) groups is 1. The number of benzene rings is 2. The summed E-state index contributed by atoms with van der Waals surface area (Å²) < 4.78 is 6.30. The van der Waals surface area contributed by atoms with E-state index in [-0.39, 0.29) is 18.6 Å². The molecule has 3 nitrogen and oxygen atoms in total. The second-order valence-corrected chi connectivity index (χ2v) is 5.53. The molecule has 0 radical (unpaired) electrons. The van der Waals surface area contributed by atoms with Crippen LogP contribution in [0.5, 0.6) is 0 Å². The van der Waals surface area contributed by atoms with Gasteiger partial charge in [-0.3, -0.25) is 4.79 Å². The second kappa shape index (κ2) is 6.17. The van der Waals surface area contributed by atoms with Gasteiger partial charge in [0.15, 0.2) is 0 Å². The van der Waals surface area contributed by atoms with Gasteiger partial charge < -0.3 is 10.1 Å². The quantitative estimate of drug-likeness (QED) is 0.925. The lowest BCUT2D eigenvalue weighted by Crippen LogP contribution is -2.20. The molecule has 0 atom stereocenters. The first-order valence-electron chi connectivity index (χ1n) is 6.15. The molecular weight excluding hydrogens is 306 g/mol. The van der Waals surface area contributed by atoms with Gasteiger partial charge in [0.1, 0.15) is 6.61 Å². The molecule has 2 rings (SSSR count). The van der Waals surface area contributed by atoms with Crippen LogP contribution in [0.1, 0.15) is 13.8 Å². The number of hydrogen-bond acceptors (Lipinski definition) is 2. The normalized spacial score (nSPS) is 10.9. The van der Waals surface area contributed by atoms with E-state index in [0.717, 1.165) is 20.9 Å². The van der Waals surface area contributed by atoms with Crippen molar-refractivity contribution in [1.82, 2.24) is 0 Å². The molecule has 19 heavy (non-hydrogen) atoms. The van der Waals surface area contributed by atoms with Crippen LogP contribution in [0.4, 0.5) is 5.69 Å². The third-order valence-electron chi connectivity index (χ3n) is 2.63. The molecule has 0 aromatic heterocycles. The Morgan fingerprint density at radius 2 is 1.89 bits per heavy atom. The van der Waals surface area contributed by atoms with Crippen LogP contribution < -0.4 is 5.32 Å². The maximum atomic E-state index is 11.7. The van der Waals surface area contributed by atoms with E-state index in [0.29, 0.717) is 0 Å². The Balaban J connectivity index is 2.09. The fourth-order valence-corrected chi connectivity index (χ4v) is 2.11. The molecule has 4 heteroatoms. The van der Waals surface area contributed by atoms with Gasteiger partial charge in [-0.25, -0.2) is 0 Å². The summed E-state index contributed by atoms with van der Waals surface area (Å²) in [6.45, 7) is 3.89. The van der Waals surface area contributed by atoms with Gasteiger partial charge in [0.2, 0.25) is 5.91 Å². The van der Waals surface area contributed by atoms with Gasteiger partial charge in [-0.15, -0.1) is 0 Å². The van der Waals surface area contributed by atoms with E-state index in [4.69, 9.17) is 4.74 Å². The average Bonchev–Trinajstić information content (AvgIpc) is 2.36. The molecule has 0 aliphatic rings. The summed E-state index contributed by atoms with van der Waals surface area (Å²) in [6.07, 6.45) is 0.0553. The fourth-order valence-electron chi connectivity index (χ4n) is 1.73. The summed E-state index contributed by atoms with van der Waals surface area (Å²) >= 11 is 3.44. The van der Waals surface area contributed by atoms with E-state index in [9.17, 15) is 4.79 Å². The Labute approximate surface area is 121 Å². The SMILES string of the molecule is CC(C)OCC(=O)Nc1ccc2cc(Br)ccc2c1. The van der Waals surface area contributed by atoms with Gasteiger partial charge in [-0.1, -0.05) is 28.1 Å². The summed E-state index contributed by atoms with van der Waals surface area (Å²) in [5, 5.41) is 5.05. The Hall–Kier alpha value is -1.39. The first-order chi connectivity index (χ1) is 9.04. The van der Waals surface area contributed by atoms with Crippen LogP contribution in [0.25, 0.3) is 10.8 Å². The molecule has 1 amide bonds. The van der Waals surface area contributed by atoms with Crippen molar-refractivity contribution in [3.63, 3.8) is 0 Å². The lowest BCUT2D eigenvalue weighted by Gasteiger charge is -2.09. The van der Waals surface area contributed by atoms with Crippen molar-refractivity contribution in [3.8, 4) is 0 Å².